The first-order valence-corrected chi connectivity index (χ1v) is 9.58. The van der Waals surface area contributed by atoms with E-state index in [9.17, 15) is 13.5 Å². The standard InChI is InChI=1S/C19H25NO5S/c1-13-6-7-14(2)19(10-13)26(22,23)20(3)12-16(21)15-8-9-17(24-4)18(11-15)25-5/h6-11,16,21H,12H2,1-5H3. The smallest absolute Gasteiger partial charge is 0.243 e. The summed E-state index contributed by atoms with van der Waals surface area (Å²) in [6.07, 6.45) is -1.00. The molecule has 0 aliphatic carbocycles. The van der Waals surface area contributed by atoms with Crippen molar-refractivity contribution < 1.29 is 23.0 Å². The first kappa shape index (κ1) is 20.2. The van der Waals surface area contributed by atoms with E-state index in [0.29, 0.717) is 22.6 Å². The molecule has 0 radical (unpaired) electrons. The van der Waals surface area contributed by atoms with Gasteiger partial charge in [-0.1, -0.05) is 18.2 Å². The van der Waals surface area contributed by atoms with Crippen LogP contribution in [0.3, 0.4) is 0 Å². The van der Waals surface area contributed by atoms with Gasteiger partial charge in [0.2, 0.25) is 10.0 Å². The monoisotopic (exact) mass is 379 g/mol. The Labute approximate surface area is 155 Å². The van der Waals surface area contributed by atoms with Crippen LogP contribution in [0.25, 0.3) is 0 Å². The molecular formula is C19H25NO5S. The molecule has 142 valence electrons. The Bertz CT molecular complexity index is 879. The number of hydrogen-bond acceptors (Lipinski definition) is 5. The van der Waals surface area contributed by atoms with E-state index in [1.54, 1.807) is 37.3 Å². The summed E-state index contributed by atoms with van der Waals surface area (Å²) in [4.78, 5) is 0.250. The largest absolute Gasteiger partial charge is 0.493 e. The van der Waals surface area contributed by atoms with Crippen LogP contribution in [0.4, 0.5) is 0 Å². The second-order valence-electron chi connectivity index (χ2n) is 6.18. The summed E-state index contributed by atoms with van der Waals surface area (Å²) < 4.78 is 37.3. The number of aliphatic hydroxyl groups is 1. The van der Waals surface area contributed by atoms with Crippen molar-refractivity contribution >= 4 is 10.0 Å². The van der Waals surface area contributed by atoms with Crippen molar-refractivity contribution in [2.24, 2.45) is 0 Å². The van der Waals surface area contributed by atoms with Crippen molar-refractivity contribution in [2.75, 3.05) is 27.8 Å². The minimum absolute atomic E-state index is 0.0782. The Morgan fingerprint density at radius 2 is 1.69 bits per heavy atom. The highest BCUT2D eigenvalue weighted by molar-refractivity contribution is 7.89. The van der Waals surface area contributed by atoms with E-state index < -0.39 is 16.1 Å². The zero-order valence-corrected chi connectivity index (χ0v) is 16.5. The average Bonchev–Trinajstić information content (AvgIpc) is 2.62. The van der Waals surface area contributed by atoms with Gasteiger partial charge >= 0.3 is 0 Å². The Balaban J connectivity index is 2.25. The van der Waals surface area contributed by atoms with Crippen molar-refractivity contribution in [3.8, 4) is 11.5 Å². The lowest BCUT2D eigenvalue weighted by Crippen LogP contribution is -2.31. The molecule has 0 aromatic heterocycles. The Morgan fingerprint density at radius 1 is 1.04 bits per heavy atom. The number of likely N-dealkylation sites (N-methyl/N-ethyl adjacent to an activating group) is 1. The molecule has 7 heteroatoms. The molecule has 2 aromatic rings. The number of benzene rings is 2. The molecule has 0 aliphatic rings. The van der Waals surface area contributed by atoms with Gasteiger partial charge in [-0.3, -0.25) is 0 Å². The molecule has 0 fully saturated rings. The number of methoxy groups -OCH3 is 2. The van der Waals surface area contributed by atoms with Crippen LogP contribution in [0.1, 0.15) is 22.8 Å². The number of nitrogens with zero attached hydrogens (tertiary/aromatic N) is 1. The Morgan fingerprint density at radius 3 is 2.31 bits per heavy atom. The van der Waals surface area contributed by atoms with Gasteiger partial charge in [0.1, 0.15) is 0 Å². The second-order valence-corrected chi connectivity index (χ2v) is 8.20. The maximum atomic E-state index is 12.9. The van der Waals surface area contributed by atoms with E-state index in [-0.39, 0.29) is 11.4 Å². The zero-order chi connectivity index (χ0) is 19.5. The number of aliphatic hydroxyl groups excluding tert-OH is 1. The van der Waals surface area contributed by atoms with Crippen molar-refractivity contribution in [3.05, 3.63) is 53.1 Å². The van der Waals surface area contributed by atoms with Crippen molar-refractivity contribution in [2.45, 2.75) is 24.8 Å². The van der Waals surface area contributed by atoms with E-state index in [4.69, 9.17) is 9.47 Å². The number of rotatable bonds is 7. The quantitative estimate of drug-likeness (QED) is 0.800. The molecule has 0 saturated heterocycles. The minimum atomic E-state index is -3.71. The summed E-state index contributed by atoms with van der Waals surface area (Å²) in [7, 11) is 0.784. The molecule has 1 atom stereocenters. The third-order valence-electron chi connectivity index (χ3n) is 4.25. The summed E-state index contributed by atoms with van der Waals surface area (Å²) >= 11 is 0. The van der Waals surface area contributed by atoms with Gasteiger partial charge in [0.05, 0.1) is 25.2 Å². The van der Waals surface area contributed by atoms with Crippen LogP contribution in [0.15, 0.2) is 41.3 Å². The van der Waals surface area contributed by atoms with E-state index in [0.717, 1.165) is 9.87 Å². The topological polar surface area (TPSA) is 76.1 Å². The number of sulfonamides is 1. The van der Waals surface area contributed by atoms with Crippen LogP contribution in [0.5, 0.6) is 11.5 Å². The fraction of sp³-hybridized carbons (Fsp3) is 0.368. The summed E-state index contributed by atoms with van der Waals surface area (Å²) in [5.74, 6) is 1.02. The van der Waals surface area contributed by atoms with E-state index in [1.165, 1.54) is 21.3 Å². The highest BCUT2D eigenvalue weighted by Gasteiger charge is 2.25. The molecule has 0 saturated carbocycles. The zero-order valence-electron chi connectivity index (χ0n) is 15.7. The van der Waals surface area contributed by atoms with Gasteiger partial charge in [0.15, 0.2) is 11.5 Å². The normalized spacial score (nSPS) is 12.9. The van der Waals surface area contributed by atoms with Crippen molar-refractivity contribution in [1.29, 1.82) is 0 Å². The molecule has 0 heterocycles. The van der Waals surface area contributed by atoms with Crippen LogP contribution in [0, 0.1) is 13.8 Å². The molecule has 0 aliphatic heterocycles. The maximum Gasteiger partial charge on any atom is 0.243 e. The summed E-state index contributed by atoms with van der Waals surface area (Å²) in [6, 6.07) is 10.3. The summed E-state index contributed by atoms with van der Waals surface area (Å²) in [6.45, 7) is 3.52. The molecule has 2 rings (SSSR count). The molecule has 0 bridgehead atoms. The minimum Gasteiger partial charge on any atom is -0.493 e. The van der Waals surface area contributed by atoms with Gasteiger partial charge in [0, 0.05) is 13.6 Å². The van der Waals surface area contributed by atoms with Crippen molar-refractivity contribution in [1.82, 2.24) is 4.31 Å². The number of hydrogen-bond donors (Lipinski definition) is 1. The van der Waals surface area contributed by atoms with Gasteiger partial charge in [-0.05, 0) is 48.7 Å². The molecule has 6 nitrogen and oxygen atoms in total. The number of aryl methyl sites for hydroxylation is 2. The Hall–Kier alpha value is -2.09. The van der Waals surface area contributed by atoms with Gasteiger partial charge < -0.3 is 14.6 Å². The first-order valence-electron chi connectivity index (χ1n) is 8.14. The van der Waals surface area contributed by atoms with Gasteiger partial charge in [-0.2, -0.15) is 4.31 Å². The summed E-state index contributed by atoms with van der Waals surface area (Å²) in [5.41, 5.74) is 2.08. The molecule has 1 N–H and O–H groups in total. The molecule has 2 aromatic carbocycles. The van der Waals surface area contributed by atoms with Gasteiger partial charge in [0.25, 0.3) is 0 Å². The predicted octanol–water partition coefficient (Wildman–Crippen LogP) is 2.67. The SMILES string of the molecule is COc1ccc(C(O)CN(C)S(=O)(=O)c2cc(C)ccc2C)cc1OC. The lowest BCUT2D eigenvalue weighted by Gasteiger charge is -2.22. The average molecular weight is 379 g/mol. The van der Waals surface area contributed by atoms with Crippen molar-refractivity contribution in [3.63, 3.8) is 0 Å². The Kier molecular flexibility index (Phi) is 6.28. The maximum absolute atomic E-state index is 12.9. The third kappa shape index (κ3) is 4.17. The highest BCUT2D eigenvalue weighted by Crippen LogP contribution is 2.31. The summed E-state index contributed by atoms with van der Waals surface area (Å²) in [5, 5.41) is 10.5. The first-order chi connectivity index (χ1) is 12.2. The lowest BCUT2D eigenvalue weighted by molar-refractivity contribution is 0.154. The van der Waals surface area contributed by atoms with Crippen LogP contribution in [-0.2, 0) is 10.0 Å². The molecule has 0 amide bonds. The molecule has 0 spiro atoms. The molecule has 1 unspecified atom stereocenters. The van der Waals surface area contributed by atoms with Crippen LogP contribution >= 0.6 is 0 Å². The van der Waals surface area contributed by atoms with Gasteiger partial charge in [-0.25, -0.2) is 8.42 Å². The molecular weight excluding hydrogens is 354 g/mol. The third-order valence-corrected chi connectivity index (χ3v) is 6.22. The van der Waals surface area contributed by atoms with Crippen LogP contribution in [-0.4, -0.2) is 45.6 Å². The molecule has 26 heavy (non-hydrogen) atoms. The van der Waals surface area contributed by atoms with E-state index >= 15 is 0 Å². The number of ether oxygens (including phenoxy) is 2. The fourth-order valence-corrected chi connectivity index (χ4v) is 4.14. The van der Waals surface area contributed by atoms with E-state index in [1.807, 2.05) is 13.0 Å². The highest BCUT2D eigenvalue weighted by atomic mass is 32.2. The van der Waals surface area contributed by atoms with E-state index in [2.05, 4.69) is 0 Å². The van der Waals surface area contributed by atoms with Crippen LogP contribution in [0.2, 0.25) is 0 Å². The van der Waals surface area contributed by atoms with Crippen LogP contribution < -0.4 is 9.47 Å². The lowest BCUT2D eigenvalue weighted by atomic mass is 10.1. The van der Waals surface area contributed by atoms with Gasteiger partial charge in [-0.15, -0.1) is 0 Å². The second kappa shape index (κ2) is 8.07. The fourth-order valence-electron chi connectivity index (χ4n) is 2.66. The predicted molar refractivity (Wildman–Crippen MR) is 100 cm³/mol.